The van der Waals surface area contributed by atoms with Crippen molar-refractivity contribution in [2.24, 2.45) is 0 Å². The fourth-order valence-corrected chi connectivity index (χ4v) is 2.41. The van der Waals surface area contributed by atoms with Crippen LogP contribution in [0.15, 0.2) is 12.7 Å². The first kappa shape index (κ1) is 24.3. The van der Waals surface area contributed by atoms with Gasteiger partial charge in [0.05, 0.1) is 6.61 Å². The summed E-state index contributed by atoms with van der Waals surface area (Å²) in [5, 5.41) is 9.45. The van der Waals surface area contributed by atoms with Gasteiger partial charge in [0.25, 0.3) is 0 Å². The molecule has 0 rings (SSSR count). The molecule has 0 heterocycles. The first-order chi connectivity index (χ1) is 8.41. The molecule has 0 spiro atoms. The summed E-state index contributed by atoms with van der Waals surface area (Å²) in [7, 11) is 0.228. The van der Waals surface area contributed by atoms with Gasteiger partial charge >= 0.3 is 5.97 Å². The maximum Gasteiger partial charge on any atom is 0.330 e. The van der Waals surface area contributed by atoms with Crippen LogP contribution in [-0.4, -0.2) is 52.4 Å². The number of carbonyl (C=O) groups excluding carboxylic acids is 1. The number of hydrogen-bond donors (Lipinski definition) is 1. The minimum absolute atomic E-state index is 0. The molecule has 5 nitrogen and oxygen atoms in total. The highest BCUT2D eigenvalue weighted by atomic mass is 28.4. The molecule has 0 aliphatic carbocycles. The molecule has 0 radical (unpaired) electrons. The monoisotopic (exact) mass is 308 g/mol. The van der Waals surface area contributed by atoms with Crippen LogP contribution < -0.4 is 0 Å². The van der Waals surface area contributed by atoms with Crippen molar-refractivity contribution >= 4 is 14.3 Å². The van der Waals surface area contributed by atoms with Gasteiger partial charge < -0.3 is 19.0 Å². The van der Waals surface area contributed by atoms with E-state index in [1.807, 2.05) is 0 Å². The van der Waals surface area contributed by atoms with Gasteiger partial charge in [-0.15, -0.1) is 0 Å². The zero-order chi connectivity index (χ0) is 14.0. The summed E-state index contributed by atoms with van der Waals surface area (Å²) in [4.78, 5) is 10.7. The zero-order valence-electron chi connectivity index (χ0n) is 11.5. The molecule has 0 aliphatic rings. The number of ether oxygens (including phenoxy) is 2. The van der Waals surface area contributed by atoms with Crippen LogP contribution in [0, 0.1) is 0 Å². The molecule has 1 unspecified atom stereocenters. The summed E-state index contributed by atoms with van der Waals surface area (Å²) in [6, 6.07) is 1.02. The van der Waals surface area contributed by atoms with Crippen LogP contribution in [0.25, 0.3) is 0 Å². The molecule has 0 aromatic rings. The maximum absolute atomic E-state index is 10.7. The lowest BCUT2D eigenvalue weighted by atomic mass is 10.4. The Balaban J connectivity index is -0.00000144. The number of esters is 1. The number of rotatable bonds is 10. The number of aliphatic hydroxyl groups excluding tert-OH is 1. The van der Waals surface area contributed by atoms with Gasteiger partial charge in [0.1, 0.15) is 12.7 Å². The number of carbonyl (C=O) groups is 1. The Morgan fingerprint density at radius 3 is 2.45 bits per heavy atom. The smallest absolute Gasteiger partial charge is 0.330 e. The molecule has 0 bridgehead atoms. The summed E-state index contributed by atoms with van der Waals surface area (Å²) in [5.41, 5.74) is 0. The fourth-order valence-electron chi connectivity index (χ4n) is 1.21. The quantitative estimate of drug-likeness (QED) is 0.291. The minimum atomic E-state index is -1.51. The molecule has 6 heteroatoms. The van der Waals surface area contributed by atoms with Crippen LogP contribution in [0.2, 0.25) is 19.1 Å². The van der Waals surface area contributed by atoms with Gasteiger partial charge in [0.15, 0.2) is 8.32 Å². The molecule has 1 atom stereocenters. The lowest BCUT2D eigenvalue weighted by Gasteiger charge is -2.19. The van der Waals surface area contributed by atoms with Crippen LogP contribution in [0.5, 0.6) is 0 Å². The average molecular weight is 308 g/mol. The van der Waals surface area contributed by atoms with E-state index in [0.29, 0.717) is 6.61 Å². The third kappa shape index (κ3) is 13.7. The lowest BCUT2D eigenvalue weighted by molar-refractivity contribution is -0.141. The molecular weight excluding hydrogens is 276 g/mol. The van der Waals surface area contributed by atoms with Gasteiger partial charge in [-0.3, -0.25) is 0 Å². The topological polar surface area (TPSA) is 65.0 Å². The van der Waals surface area contributed by atoms with Gasteiger partial charge in [0, 0.05) is 19.8 Å². The minimum Gasteiger partial charge on any atom is -0.460 e. The molecule has 0 aromatic carbocycles. The van der Waals surface area contributed by atoms with Gasteiger partial charge in [-0.25, -0.2) is 4.79 Å². The normalized spacial score (nSPS) is 11.8. The Hall–Kier alpha value is -0.693. The van der Waals surface area contributed by atoms with Gasteiger partial charge in [-0.1, -0.05) is 21.4 Å². The average Bonchev–Trinajstić information content (AvgIpc) is 2.35. The zero-order valence-corrected chi connectivity index (χ0v) is 12.5. The van der Waals surface area contributed by atoms with E-state index in [1.54, 1.807) is 7.11 Å². The maximum atomic E-state index is 10.7. The van der Waals surface area contributed by atoms with E-state index in [-0.39, 0.29) is 28.1 Å². The largest absolute Gasteiger partial charge is 0.460 e. The first-order valence-electron chi connectivity index (χ1n) is 6.01. The van der Waals surface area contributed by atoms with E-state index in [4.69, 9.17) is 9.16 Å². The summed E-state index contributed by atoms with van der Waals surface area (Å²) in [6.07, 6.45) is 1.18. The van der Waals surface area contributed by atoms with Crippen LogP contribution in [0.3, 0.4) is 0 Å². The van der Waals surface area contributed by atoms with Gasteiger partial charge in [-0.05, 0) is 25.6 Å². The van der Waals surface area contributed by atoms with Crippen molar-refractivity contribution < 1.29 is 23.8 Å². The molecule has 0 saturated heterocycles. The van der Waals surface area contributed by atoms with Crippen LogP contribution in [0.1, 0.15) is 21.3 Å². The third-order valence-electron chi connectivity index (χ3n) is 2.51. The molecule has 0 aromatic heterocycles. The molecule has 0 saturated carbocycles. The highest BCUT2D eigenvalue weighted by Crippen LogP contribution is 2.12. The van der Waals surface area contributed by atoms with Crippen molar-refractivity contribution in [3.05, 3.63) is 12.7 Å². The highest BCUT2D eigenvalue weighted by Gasteiger charge is 2.19. The van der Waals surface area contributed by atoms with E-state index in [1.165, 1.54) is 0 Å². The molecule has 0 amide bonds. The van der Waals surface area contributed by atoms with E-state index in [0.717, 1.165) is 18.5 Å². The SMILES string of the molecule is C.C.C=CC(=O)OCC(O)COCCC[Si](C)(C)OC. The van der Waals surface area contributed by atoms with Gasteiger partial charge in [-0.2, -0.15) is 0 Å². The summed E-state index contributed by atoms with van der Waals surface area (Å²) >= 11 is 0. The van der Waals surface area contributed by atoms with Crippen molar-refractivity contribution in [2.45, 2.75) is 46.5 Å². The van der Waals surface area contributed by atoms with E-state index in [9.17, 15) is 9.90 Å². The number of hydrogen-bond acceptors (Lipinski definition) is 5. The predicted molar refractivity (Wildman–Crippen MR) is 85.4 cm³/mol. The summed E-state index contributed by atoms with van der Waals surface area (Å²) < 4.78 is 15.4. The van der Waals surface area contributed by atoms with Crippen molar-refractivity contribution in [2.75, 3.05) is 26.9 Å². The summed E-state index contributed by atoms with van der Waals surface area (Å²) in [6.45, 7) is 8.23. The van der Waals surface area contributed by atoms with E-state index >= 15 is 0 Å². The first-order valence-corrected chi connectivity index (χ1v) is 9.13. The Bertz CT molecular complexity index is 256. The molecule has 122 valence electrons. The van der Waals surface area contributed by atoms with Crippen molar-refractivity contribution in [1.82, 2.24) is 0 Å². The highest BCUT2D eigenvalue weighted by molar-refractivity contribution is 6.71. The van der Waals surface area contributed by atoms with E-state index in [2.05, 4.69) is 24.4 Å². The van der Waals surface area contributed by atoms with Crippen molar-refractivity contribution in [3.8, 4) is 0 Å². The lowest BCUT2D eigenvalue weighted by Crippen LogP contribution is -2.29. The Morgan fingerprint density at radius 1 is 1.35 bits per heavy atom. The fraction of sp³-hybridized carbons (Fsp3) is 0.786. The van der Waals surface area contributed by atoms with Gasteiger partial charge in [0.2, 0.25) is 0 Å². The van der Waals surface area contributed by atoms with Crippen LogP contribution >= 0.6 is 0 Å². The Kier molecular flexibility index (Phi) is 16.2. The Morgan fingerprint density at radius 2 is 1.95 bits per heavy atom. The van der Waals surface area contributed by atoms with Crippen molar-refractivity contribution in [3.63, 3.8) is 0 Å². The molecule has 20 heavy (non-hydrogen) atoms. The third-order valence-corrected chi connectivity index (χ3v) is 5.18. The second-order valence-corrected chi connectivity index (χ2v) is 9.06. The Labute approximate surface area is 125 Å². The van der Waals surface area contributed by atoms with Crippen LogP contribution in [-0.2, 0) is 18.7 Å². The molecule has 0 fully saturated rings. The van der Waals surface area contributed by atoms with Crippen molar-refractivity contribution in [1.29, 1.82) is 0 Å². The second kappa shape index (κ2) is 13.3. The molecule has 0 aliphatic heterocycles. The van der Waals surface area contributed by atoms with E-state index < -0.39 is 20.4 Å². The molecular formula is C14H32O5Si. The molecule has 1 N–H and O–H groups in total. The summed E-state index contributed by atoms with van der Waals surface area (Å²) in [5.74, 6) is -0.540. The second-order valence-electron chi connectivity index (χ2n) is 4.63. The standard InChI is InChI=1S/C12H24O5Si.2CH4/c1-5-12(14)17-10-11(13)9-16-7-6-8-18(3,4)15-2;;/h5,11,13H,1,6-10H2,2-4H3;2*1H4. The predicted octanol–water partition coefficient (Wildman–Crippen LogP) is 2.61. The number of aliphatic hydroxyl groups is 1. The van der Waals surface area contributed by atoms with Crippen LogP contribution in [0.4, 0.5) is 0 Å².